The number of aryl methyl sites for hydroxylation is 1. The molecule has 0 saturated carbocycles. The number of carbonyl (C=O) groups is 1. The van der Waals surface area contributed by atoms with Gasteiger partial charge in [0.25, 0.3) is 0 Å². The molecule has 1 aliphatic heterocycles. The van der Waals surface area contributed by atoms with E-state index in [1.165, 1.54) is 5.56 Å². The SMILES string of the molecule is COc1ccc2nccc([C@H](F)CC[C@@H]3CCN(CCCCc4cccnc4)C[C@@H]3C(=O)O)c2c1. The molecule has 2 aromatic heterocycles. The first-order chi connectivity index (χ1) is 17.0. The molecule has 6 nitrogen and oxygen atoms in total. The molecule has 1 fully saturated rings. The van der Waals surface area contributed by atoms with Crippen molar-refractivity contribution >= 4 is 16.9 Å². The number of ether oxygens (including phenoxy) is 1. The van der Waals surface area contributed by atoms with Gasteiger partial charge in [-0.25, -0.2) is 4.39 Å². The monoisotopic (exact) mass is 479 g/mol. The van der Waals surface area contributed by atoms with Gasteiger partial charge in [-0.15, -0.1) is 0 Å². The van der Waals surface area contributed by atoms with Crippen molar-refractivity contribution in [2.75, 3.05) is 26.7 Å². The summed E-state index contributed by atoms with van der Waals surface area (Å²) in [6, 6.07) is 11.2. The summed E-state index contributed by atoms with van der Waals surface area (Å²) >= 11 is 0. The fourth-order valence-corrected chi connectivity index (χ4v) is 5.17. The average Bonchev–Trinajstić information content (AvgIpc) is 2.89. The van der Waals surface area contributed by atoms with E-state index >= 15 is 4.39 Å². The minimum atomic E-state index is -1.17. The smallest absolute Gasteiger partial charge is 0.308 e. The van der Waals surface area contributed by atoms with Crippen LogP contribution in [0.15, 0.2) is 55.0 Å². The lowest BCUT2D eigenvalue weighted by molar-refractivity contribution is -0.146. The van der Waals surface area contributed by atoms with Gasteiger partial charge in [0.2, 0.25) is 0 Å². The molecule has 4 rings (SSSR count). The number of nitrogens with zero attached hydrogens (tertiary/aromatic N) is 3. The highest BCUT2D eigenvalue weighted by Crippen LogP contribution is 2.35. The zero-order chi connectivity index (χ0) is 24.6. The maximum atomic E-state index is 15.4. The summed E-state index contributed by atoms with van der Waals surface area (Å²) in [6.07, 6.45) is 8.84. The number of fused-ring (bicyclic) bond motifs is 1. The molecule has 3 aromatic rings. The Bertz CT molecular complexity index is 1110. The van der Waals surface area contributed by atoms with Crippen molar-refractivity contribution in [2.24, 2.45) is 11.8 Å². The van der Waals surface area contributed by atoms with Crippen LogP contribution in [0.3, 0.4) is 0 Å². The molecule has 1 N–H and O–H groups in total. The number of piperidine rings is 1. The van der Waals surface area contributed by atoms with Gasteiger partial charge in [0, 0.05) is 30.5 Å². The van der Waals surface area contributed by atoms with Gasteiger partial charge in [0.15, 0.2) is 0 Å². The number of hydrogen-bond acceptors (Lipinski definition) is 5. The Balaban J connectivity index is 1.30. The van der Waals surface area contributed by atoms with Crippen LogP contribution in [0.5, 0.6) is 5.75 Å². The van der Waals surface area contributed by atoms with Crippen molar-refractivity contribution in [1.29, 1.82) is 0 Å². The van der Waals surface area contributed by atoms with Crippen LogP contribution in [0.25, 0.3) is 10.9 Å². The second-order valence-corrected chi connectivity index (χ2v) is 9.44. The van der Waals surface area contributed by atoms with Crippen LogP contribution in [0.1, 0.15) is 49.4 Å². The lowest BCUT2D eigenvalue weighted by Gasteiger charge is -2.37. The van der Waals surface area contributed by atoms with Crippen LogP contribution in [0.4, 0.5) is 4.39 Å². The van der Waals surface area contributed by atoms with Crippen LogP contribution in [-0.2, 0) is 11.2 Å². The molecule has 0 amide bonds. The van der Waals surface area contributed by atoms with E-state index in [4.69, 9.17) is 4.74 Å². The molecule has 0 radical (unpaired) electrons. The minimum Gasteiger partial charge on any atom is -0.497 e. The van der Waals surface area contributed by atoms with Gasteiger partial charge in [0.05, 0.1) is 18.5 Å². The molecule has 186 valence electrons. The number of aliphatic carboxylic acids is 1. The second-order valence-electron chi connectivity index (χ2n) is 9.44. The number of benzene rings is 1. The molecule has 35 heavy (non-hydrogen) atoms. The molecule has 0 unspecified atom stereocenters. The van der Waals surface area contributed by atoms with Crippen molar-refractivity contribution in [2.45, 2.75) is 44.7 Å². The predicted octanol–water partition coefficient (Wildman–Crippen LogP) is 5.47. The van der Waals surface area contributed by atoms with Crippen LogP contribution >= 0.6 is 0 Å². The van der Waals surface area contributed by atoms with Gasteiger partial charge in [0.1, 0.15) is 11.9 Å². The van der Waals surface area contributed by atoms with Gasteiger partial charge < -0.3 is 14.7 Å². The molecule has 0 spiro atoms. The summed E-state index contributed by atoms with van der Waals surface area (Å²) in [6.45, 7) is 2.31. The Hall–Kier alpha value is -3.06. The van der Waals surface area contributed by atoms with E-state index in [9.17, 15) is 9.90 Å². The normalized spacial score (nSPS) is 19.5. The highest BCUT2D eigenvalue weighted by atomic mass is 19.1. The van der Waals surface area contributed by atoms with E-state index in [1.807, 2.05) is 30.5 Å². The third-order valence-corrected chi connectivity index (χ3v) is 7.18. The molecule has 3 heterocycles. The minimum absolute atomic E-state index is 0.0139. The molecule has 1 aromatic carbocycles. The fraction of sp³-hybridized carbons (Fsp3) is 0.464. The Morgan fingerprint density at radius 1 is 1.26 bits per heavy atom. The molecule has 1 saturated heterocycles. The summed E-state index contributed by atoms with van der Waals surface area (Å²) in [5.74, 6) is -0.578. The first kappa shape index (κ1) is 25.0. The standard InChI is InChI=1S/C28H34FN3O3/c1-35-22-8-10-27-24(17-22)23(11-14-31-27)26(29)9-7-21-12-16-32(19-25(21)28(33)34)15-3-2-5-20-6-4-13-30-18-20/h4,6,8,10-11,13-14,17-18,21,25-26H,2-3,5,7,9,12,15-16,19H2,1H3,(H,33,34)/t21-,25+,26-/m1/s1. The lowest BCUT2D eigenvalue weighted by Crippen LogP contribution is -2.44. The second kappa shape index (κ2) is 12.1. The summed E-state index contributed by atoms with van der Waals surface area (Å²) in [5.41, 5.74) is 2.55. The number of pyridine rings is 2. The van der Waals surface area contributed by atoms with Crippen LogP contribution in [0.2, 0.25) is 0 Å². The number of hydrogen-bond donors (Lipinski definition) is 1. The summed E-state index contributed by atoms with van der Waals surface area (Å²) in [7, 11) is 1.59. The number of likely N-dealkylation sites (tertiary alicyclic amines) is 1. The lowest BCUT2D eigenvalue weighted by atomic mass is 9.81. The van der Waals surface area contributed by atoms with Gasteiger partial charge in [-0.05, 0) is 99.0 Å². The molecule has 0 bridgehead atoms. The van der Waals surface area contributed by atoms with Gasteiger partial charge in [-0.1, -0.05) is 6.07 Å². The molecular weight excluding hydrogens is 445 g/mol. The number of halogens is 1. The predicted molar refractivity (Wildman–Crippen MR) is 134 cm³/mol. The highest BCUT2D eigenvalue weighted by molar-refractivity contribution is 5.83. The Morgan fingerprint density at radius 2 is 2.14 bits per heavy atom. The number of carboxylic acid groups (broad SMARTS) is 1. The topological polar surface area (TPSA) is 75.5 Å². The van der Waals surface area contributed by atoms with Crippen molar-refractivity contribution < 1.29 is 19.0 Å². The Morgan fingerprint density at radius 3 is 2.91 bits per heavy atom. The number of rotatable bonds is 11. The molecule has 0 aliphatic carbocycles. The van der Waals surface area contributed by atoms with Gasteiger partial charge in [-0.2, -0.15) is 0 Å². The number of alkyl halides is 1. The van der Waals surface area contributed by atoms with E-state index < -0.39 is 18.1 Å². The largest absolute Gasteiger partial charge is 0.497 e. The van der Waals surface area contributed by atoms with Crippen molar-refractivity contribution in [3.8, 4) is 5.75 Å². The fourth-order valence-electron chi connectivity index (χ4n) is 5.17. The third-order valence-electron chi connectivity index (χ3n) is 7.18. The maximum Gasteiger partial charge on any atom is 0.308 e. The number of aromatic nitrogens is 2. The molecule has 1 aliphatic rings. The third kappa shape index (κ3) is 6.54. The number of unbranched alkanes of at least 4 members (excludes halogenated alkanes) is 1. The zero-order valence-electron chi connectivity index (χ0n) is 20.3. The van der Waals surface area contributed by atoms with E-state index in [2.05, 4.69) is 20.9 Å². The molecule has 7 heteroatoms. The zero-order valence-corrected chi connectivity index (χ0v) is 20.3. The average molecular weight is 480 g/mol. The quantitative estimate of drug-likeness (QED) is 0.367. The maximum absolute atomic E-state index is 15.4. The Kier molecular flexibility index (Phi) is 8.64. The summed E-state index contributed by atoms with van der Waals surface area (Å²) < 4.78 is 20.7. The first-order valence-corrected chi connectivity index (χ1v) is 12.5. The van der Waals surface area contributed by atoms with E-state index in [0.29, 0.717) is 30.7 Å². The van der Waals surface area contributed by atoms with Crippen LogP contribution in [0, 0.1) is 11.8 Å². The Labute approximate surface area is 206 Å². The van der Waals surface area contributed by atoms with Gasteiger partial charge in [-0.3, -0.25) is 14.8 Å². The van der Waals surface area contributed by atoms with Crippen molar-refractivity contribution in [3.05, 3.63) is 66.1 Å². The summed E-state index contributed by atoms with van der Waals surface area (Å²) in [4.78, 5) is 22.8. The number of methoxy groups -OCH3 is 1. The first-order valence-electron chi connectivity index (χ1n) is 12.5. The van der Waals surface area contributed by atoms with E-state index in [0.717, 1.165) is 49.7 Å². The number of carboxylic acids is 1. The van der Waals surface area contributed by atoms with Crippen LogP contribution in [-0.4, -0.2) is 52.7 Å². The van der Waals surface area contributed by atoms with E-state index in [1.54, 1.807) is 25.6 Å². The molecular formula is C28H34FN3O3. The van der Waals surface area contributed by atoms with Crippen LogP contribution < -0.4 is 4.74 Å². The highest BCUT2D eigenvalue weighted by Gasteiger charge is 2.34. The van der Waals surface area contributed by atoms with Crippen molar-refractivity contribution in [1.82, 2.24) is 14.9 Å². The van der Waals surface area contributed by atoms with E-state index in [-0.39, 0.29) is 5.92 Å². The summed E-state index contributed by atoms with van der Waals surface area (Å²) in [5, 5.41) is 10.6. The van der Waals surface area contributed by atoms with Gasteiger partial charge >= 0.3 is 5.97 Å². The van der Waals surface area contributed by atoms with Crippen molar-refractivity contribution in [3.63, 3.8) is 0 Å². The molecule has 3 atom stereocenters.